The van der Waals surface area contributed by atoms with Crippen molar-refractivity contribution in [2.75, 3.05) is 0 Å². The van der Waals surface area contributed by atoms with Gasteiger partial charge in [0.05, 0.1) is 0 Å². The Balaban J connectivity index is 4.12. The molecule has 0 radical (unpaired) electrons. The zero-order chi connectivity index (χ0) is 22.2. The summed E-state index contributed by atoms with van der Waals surface area (Å²) < 4.78 is 0. The van der Waals surface area contributed by atoms with Crippen molar-refractivity contribution in [3.8, 4) is 0 Å². The van der Waals surface area contributed by atoms with E-state index in [1.807, 2.05) is 13.8 Å². The van der Waals surface area contributed by atoms with Crippen molar-refractivity contribution in [3.05, 3.63) is 12.2 Å². The van der Waals surface area contributed by atoms with E-state index in [4.69, 9.17) is 0 Å². The molecule has 4 nitrogen and oxygen atoms in total. The van der Waals surface area contributed by atoms with Crippen molar-refractivity contribution >= 4 is 11.9 Å². The van der Waals surface area contributed by atoms with Crippen LogP contribution in [0.3, 0.4) is 0 Å². The Kier molecular flexibility index (Phi) is 14.8. The number of unbranched alkanes of at least 4 members (excludes halogenated alkanes) is 10. The van der Waals surface area contributed by atoms with Crippen LogP contribution < -0.4 is 0 Å². The van der Waals surface area contributed by atoms with Gasteiger partial charge < -0.3 is 10.2 Å². The molecule has 0 saturated heterocycles. The number of allylic oxidation sites excluding steroid dienone is 2. The highest BCUT2D eigenvalue weighted by Crippen LogP contribution is 2.49. The number of rotatable bonds is 19. The maximum absolute atomic E-state index is 11.9. The maximum atomic E-state index is 11.9. The van der Waals surface area contributed by atoms with E-state index < -0.39 is 22.8 Å². The molecule has 0 fully saturated rings. The number of hydrogen-bond donors (Lipinski definition) is 2. The zero-order valence-electron chi connectivity index (χ0n) is 19.5. The molecule has 0 aliphatic rings. The Morgan fingerprint density at radius 2 is 1.14 bits per heavy atom. The van der Waals surface area contributed by atoms with Crippen LogP contribution in [0.5, 0.6) is 0 Å². The van der Waals surface area contributed by atoms with E-state index in [0.717, 1.165) is 32.1 Å². The van der Waals surface area contributed by atoms with E-state index in [-0.39, 0.29) is 6.42 Å². The van der Waals surface area contributed by atoms with Crippen LogP contribution in [0.2, 0.25) is 0 Å². The van der Waals surface area contributed by atoms with Crippen molar-refractivity contribution in [1.82, 2.24) is 0 Å². The van der Waals surface area contributed by atoms with E-state index in [9.17, 15) is 19.8 Å². The lowest BCUT2D eigenvalue weighted by atomic mass is 9.59. The molecule has 0 aliphatic carbocycles. The predicted octanol–water partition coefficient (Wildman–Crippen LogP) is 7.62. The third kappa shape index (κ3) is 8.92. The molecular weight excluding hydrogens is 364 g/mol. The van der Waals surface area contributed by atoms with E-state index in [1.165, 1.54) is 44.9 Å². The van der Waals surface area contributed by atoms with Gasteiger partial charge in [0, 0.05) is 0 Å². The first-order chi connectivity index (χ1) is 13.8. The average molecular weight is 411 g/mol. The van der Waals surface area contributed by atoms with Gasteiger partial charge in [-0.2, -0.15) is 0 Å². The molecule has 0 bridgehead atoms. The van der Waals surface area contributed by atoms with Gasteiger partial charge in [-0.15, -0.1) is 0 Å². The molecule has 0 amide bonds. The molecule has 2 N–H and O–H groups in total. The van der Waals surface area contributed by atoms with Gasteiger partial charge in [-0.1, -0.05) is 91.2 Å². The Morgan fingerprint density at radius 3 is 1.55 bits per heavy atom. The summed E-state index contributed by atoms with van der Waals surface area (Å²) in [6.45, 7) is 7.66. The summed E-state index contributed by atoms with van der Waals surface area (Å²) in [5.74, 6) is -2.40. The van der Waals surface area contributed by atoms with Crippen molar-refractivity contribution in [2.45, 2.75) is 124 Å². The van der Waals surface area contributed by atoms with Gasteiger partial charge in [0.25, 0.3) is 0 Å². The first-order valence-corrected chi connectivity index (χ1v) is 11.9. The van der Waals surface area contributed by atoms with Crippen LogP contribution >= 0.6 is 0 Å². The highest BCUT2D eigenvalue weighted by molar-refractivity contribution is 5.99. The second-order valence-corrected chi connectivity index (χ2v) is 8.76. The SMILES string of the molecule is CCCCCCCC/C=C/CCCCCCC(C)(CC)C(CC)(C(=O)O)C(=O)O. The topological polar surface area (TPSA) is 74.6 Å². The van der Waals surface area contributed by atoms with E-state index in [1.54, 1.807) is 6.92 Å². The minimum Gasteiger partial charge on any atom is -0.480 e. The van der Waals surface area contributed by atoms with Gasteiger partial charge in [-0.25, -0.2) is 0 Å². The summed E-state index contributed by atoms with van der Waals surface area (Å²) in [6.07, 6.45) is 20.4. The average Bonchev–Trinajstić information content (AvgIpc) is 2.68. The molecule has 0 aromatic carbocycles. The lowest BCUT2D eigenvalue weighted by molar-refractivity contribution is -0.177. The predicted molar refractivity (Wildman–Crippen MR) is 121 cm³/mol. The molecular formula is C25H46O4. The summed E-state index contributed by atoms with van der Waals surface area (Å²) in [7, 11) is 0. The Labute approximate surface area is 179 Å². The summed E-state index contributed by atoms with van der Waals surface area (Å²) in [6, 6.07) is 0. The normalized spacial score (nSPS) is 14.2. The van der Waals surface area contributed by atoms with Crippen molar-refractivity contribution in [1.29, 1.82) is 0 Å². The molecule has 0 saturated carbocycles. The second-order valence-electron chi connectivity index (χ2n) is 8.76. The van der Waals surface area contributed by atoms with Crippen LogP contribution in [0.4, 0.5) is 0 Å². The molecule has 0 heterocycles. The quantitative estimate of drug-likeness (QED) is 0.130. The third-order valence-corrected chi connectivity index (χ3v) is 6.81. The molecule has 0 aromatic heterocycles. The fourth-order valence-electron chi connectivity index (χ4n) is 4.44. The van der Waals surface area contributed by atoms with Crippen LogP contribution in [-0.4, -0.2) is 22.2 Å². The van der Waals surface area contributed by atoms with Gasteiger partial charge in [0.15, 0.2) is 5.41 Å². The van der Waals surface area contributed by atoms with Gasteiger partial charge in [-0.05, 0) is 50.4 Å². The zero-order valence-corrected chi connectivity index (χ0v) is 19.5. The summed E-state index contributed by atoms with van der Waals surface area (Å²) >= 11 is 0. The van der Waals surface area contributed by atoms with E-state index in [0.29, 0.717) is 12.8 Å². The van der Waals surface area contributed by atoms with E-state index in [2.05, 4.69) is 19.1 Å². The smallest absolute Gasteiger partial charge is 0.321 e. The number of aliphatic carboxylic acids is 2. The van der Waals surface area contributed by atoms with Gasteiger partial charge in [0.1, 0.15) is 0 Å². The monoisotopic (exact) mass is 410 g/mol. The molecule has 0 aromatic rings. The van der Waals surface area contributed by atoms with Crippen LogP contribution in [0.15, 0.2) is 12.2 Å². The highest BCUT2D eigenvalue weighted by Gasteiger charge is 2.57. The lowest BCUT2D eigenvalue weighted by Crippen LogP contribution is -2.51. The second kappa shape index (κ2) is 15.5. The molecule has 4 heteroatoms. The van der Waals surface area contributed by atoms with E-state index >= 15 is 0 Å². The van der Waals surface area contributed by atoms with Gasteiger partial charge in [-0.3, -0.25) is 9.59 Å². The molecule has 0 spiro atoms. The fourth-order valence-corrected chi connectivity index (χ4v) is 4.44. The standard InChI is InChI=1S/C25H46O4/c1-5-8-9-10-11-12-13-14-15-16-17-18-19-20-21-24(4,6-2)25(7-3,22(26)27)23(28)29/h14-15H,5-13,16-21H2,1-4H3,(H,26,27)(H,28,29)/b15-14+. The number of carboxylic acid groups (broad SMARTS) is 2. The molecule has 0 aliphatic heterocycles. The molecule has 1 atom stereocenters. The Bertz CT molecular complexity index is 469. The molecule has 29 heavy (non-hydrogen) atoms. The lowest BCUT2D eigenvalue weighted by Gasteiger charge is -2.42. The number of carboxylic acids is 2. The maximum Gasteiger partial charge on any atom is 0.321 e. The van der Waals surface area contributed by atoms with Crippen LogP contribution in [-0.2, 0) is 9.59 Å². The molecule has 1 unspecified atom stereocenters. The number of carbonyl (C=O) groups is 2. The molecule has 0 rings (SSSR count). The largest absolute Gasteiger partial charge is 0.480 e. The van der Waals surface area contributed by atoms with Crippen molar-refractivity contribution in [2.24, 2.45) is 10.8 Å². The summed E-state index contributed by atoms with van der Waals surface area (Å²) in [5.41, 5.74) is -2.42. The Morgan fingerprint density at radius 1 is 0.690 bits per heavy atom. The minimum absolute atomic E-state index is 0.116. The van der Waals surface area contributed by atoms with Crippen LogP contribution in [0.25, 0.3) is 0 Å². The van der Waals surface area contributed by atoms with Crippen molar-refractivity contribution in [3.63, 3.8) is 0 Å². The van der Waals surface area contributed by atoms with Crippen LogP contribution in [0, 0.1) is 10.8 Å². The summed E-state index contributed by atoms with van der Waals surface area (Å²) in [5, 5.41) is 19.4. The highest BCUT2D eigenvalue weighted by atomic mass is 16.4. The fraction of sp³-hybridized carbons (Fsp3) is 0.840. The number of hydrogen-bond acceptors (Lipinski definition) is 2. The Hall–Kier alpha value is -1.32. The minimum atomic E-state index is -1.69. The first kappa shape index (κ1) is 27.7. The summed E-state index contributed by atoms with van der Waals surface area (Å²) in [4.78, 5) is 23.7. The van der Waals surface area contributed by atoms with Gasteiger partial charge in [0.2, 0.25) is 0 Å². The molecule has 170 valence electrons. The third-order valence-electron chi connectivity index (χ3n) is 6.81. The van der Waals surface area contributed by atoms with Crippen LogP contribution in [0.1, 0.15) is 124 Å². The van der Waals surface area contributed by atoms with Crippen molar-refractivity contribution < 1.29 is 19.8 Å². The first-order valence-electron chi connectivity index (χ1n) is 11.9. The van der Waals surface area contributed by atoms with Gasteiger partial charge >= 0.3 is 11.9 Å².